The van der Waals surface area contributed by atoms with Gasteiger partial charge in [-0.25, -0.2) is 9.37 Å². The van der Waals surface area contributed by atoms with E-state index in [2.05, 4.69) is 20.5 Å². The molecule has 2 heterocycles. The fourth-order valence-electron chi connectivity index (χ4n) is 2.81. The van der Waals surface area contributed by atoms with E-state index >= 15 is 0 Å². The second kappa shape index (κ2) is 8.30. The van der Waals surface area contributed by atoms with E-state index in [1.165, 1.54) is 17.8 Å². The Balaban J connectivity index is 1.50. The molecule has 10 heteroatoms. The molecule has 0 unspecified atom stereocenters. The van der Waals surface area contributed by atoms with Gasteiger partial charge >= 0.3 is 0 Å². The lowest BCUT2D eigenvalue weighted by Crippen LogP contribution is -2.16. The van der Waals surface area contributed by atoms with E-state index in [0.717, 1.165) is 12.8 Å². The highest BCUT2D eigenvalue weighted by Crippen LogP contribution is 2.41. The predicted octanol–water partition coefficient (Wildman–Crippen LogP) is 5.16. The van der Waals surface area contributed by atoms with E-state index in [4.69, 9.17) is 23.2 Å². The zero-order chi connectivity index (χ0) is 20.5. The SMILES string of the molecule is Cc1nc(NC(=O)CSc2nnc(-c3ccccc3F)n2C2CC2)c(Cl)cc1Cl. The van der Waals surface area contributed by atoms with Crippen LogP contribution in [0.4, 0.5) is 10.2 Å². The molecule has 0 bridgehead atoms. The molecule has 4 rings (SSSR count). The van der Waals surface area contributed by atoms with Crippen LogP contribution in [0.5, 0.6) is 0 Å². The minimum atomic E-state index is -0.352. The normalized spacial score (nSPS) is 13.5. The average Bonchev–Trinajstić information content (AvgIpc) is 3.44. The number of hydrogen-bond acceptors (Lipinski definition) is 5. The van der Waals surface area contributed by atoms with Gasteiger partial charge in [0.1, 0.15) is 5.82 Å². The molecule has 6 nitrogen and oxygen atoms in total. The third kappa shape index (κ3) is 4.39. The van der Waals surface area contributed by atoms with Gasteiger partial charge in [0, 0.05) is 6.04 Å². The van der Waals surface area contributed by atoms with Crippen LogP contribution in [0.1, 0.15) is 24.6 Å². The van der Waals surface area contributed by atoms with Crippen LogP contribution in [0.25, 0.3) is 11.4 Å². The number of halogens is 3. The molecule has 2 aromatic heterocycles. The summed E-state index contributed by atoms with van der Waals surface area (Å²) in [6, 6.07) is 8.23. The zero-order valence-electron chi connectivity index (χ0n) is 15.3. The van der Waals surface area contributed by atoms with E-state index in [1.807, 2.05) is 4.57 Å². The van der Waals surface area contributed by atoms with Crippen molar-refractivity contribution >= 4 is 46.7 Å². The second-order valence-electron chi connectivity index (χ2n) is 6.61. The number of carbonyl (C=O) groups is 1. The lowest BCUT2D eigenvalue weighted by Gasteiger charge is -2.10. The highest BCUT2D eigenvalue weighted by molar-refractivity contribution is 7.99. The third-order valence-corrected chi connectivity index (χ3v) is 6.00. The fraction of sp³-hybridized carbons (Fsp3) is 0.263. The second-order valence-corrected chi connectivity index (χ2v) is 8.37. The molecule has 1 aliphatic carbocycles. The minimum absolute atomic E-state index is 0.0851. The van der Waals surface area contributed by atoms with Gasteiger partial charge in [0.2, 0.25) is 5.91 Å². The van der Waals surface area contributed by atoms with Crippen molar-refractivity contribution in [3.8, 4) is 11.4 Å². The molecule has 29 heavy (non-hydrogen) atoms. The Morgan fingerprint density at radius 3 is 2.76 bits per heavy atom. The molecule has 1 saturated carbocycles. The van der Waals surface area contributed by atoms with Crippen LogP contribution in [-0.4, -0.2) is 31.4 Å². The fourth-order valence-corrected chi connectivity index (χ4v) is 4.02. The van der Waals surface area contributed by atoms with E-state index in [-0.39, 0.29) is 34.4 Å². The molecule has 1 N–H and O–H groups in total. The number of carbonyl (C=O) groups excluding carboxylic acids is 1. The molecule has 0 saturated heterocycles. The summed E-state index contributed by atoms with van der Waals surface area (Å²) in [6.07, 6.45) is 1.95. The third-order valence-electron chi connectivity index (χ3n) is 4.39. The quantitative estimate of drug-likeness (QED) is 0.523. The topological polar surface area (TPSA) is 72.7 Å². The number of rotatable bonds is 6. The van der Waals surface area contributed by atoms with Crippen molar-refractivity contribution in [3.05, 3.63) is 51.9 Å². The first kappa shape index (κ1) is 20.1. The number of nitrogens with one attached hydrogen (secondary N) is 1. The maximum atomic E-state index is 14.2. The molecule has 0 aliphatic heterocycles. The molecule has 150 valence electrons. The van der Waals surface area contributed by atoms with Crippen molar-refractivity contribution in [2.45, 2.75) is 31.0 Å². The van der Waals surface area contributed by atoms with Crippen molar-refractivity contribution in [1.29, 1.82) is 0 Å². The first-order valence-corrected chi connectivity index (χ1v) is 10.6. The Bertz CT molecular complexity index is 1090. The van der Waals surface area contributed by atoms with Gasteiger partial charge in [0.25, 0.3) is 0 Å². The van der Waals surface area contributed by atoms with Crippen LogP contribution >= 0.6 is 35.0 Å². The van der Waals surface area contributed by atoms with Crippen molar-refractivity contribution in [3.63, 3.8) is 0 Å². The van der Waals surface area contributed by atoms with E-state index in [1.54, 1.807) is 31.2 Å². The predicted molar refractivity (Wildman–Crippen MR) is 112 cm³/mol. The number of nitrogens with zero attached hydrogens (tertiary/aromatic N) is 4. The van der Waals surface area contributed by atoms with Crippen LogP contribution in [0.2, 0.25) is 10.0 Å². The van der Waals surface area contributed by atoms with Crippen molar-refractivity contribution < 1.29 is 9.18 Å². The standard InChI is InChI=1S/C19H16Cl2FN5OS/c1-10-13(20)8-14(21)17(23-10)24-16(28)9-29-19-26-25-18(27(19)11-6-7-11)12-4-2-3-5-15(12)22/h2-5,8,11H,6-7,9H2,1H3,(H,23,24,28). The summed E-state index contributed by atoms with van der Waals surface area (Å²) in [6.45, 7) is 1.73. The molecule has 0 spiro atoms. The first-order valence-electron chi connectivity index (χ1n) is 8.89. The Morgan fingerprint density at radius 2 is 2.03 bits per heavy atom. The monoisotopic (exact) mass is 451 g/mol. The van der Waals surface area contributed by atoms with Crippen molar-refractivity contribution in [2.75, 3.05) is 11.1 Å². The number of amides is 1. The number of aromatic nitrogens is 4. The highest BCUT2D eigenvalue weighted by Gasteiger charge is 2.31. The number of hydrogen-bond donors (Lipinski definition) is 1. The minimum Gasteiger partial charge on any atom is -0.309 e. The van der Waals surface area contributed by atoms with Crippen LogP contribution in [0.3, 0.4) is 0 Å². The molecular weight excluding hydrogens is 436 g/mol. The van der Waals surface area contributed by atoms with Gasteiger partial charge in [-0.15, -0.1) is 10.2 Å². The summed E-state index contributed by atoms with van der Waals surface area (Å²) >= 11 is 13.3. The number of pyridine rings is 1. The molecule has 3 aromatic rings. The Hall–Kier alpha value is -2.16. The van der Waals surface area contributed by atoms with Crippen LogP contribution in [-0.2, 0) is 4.79 Å². The summed E-state index contributed by atoms with van der Waals surface area (Å²) in [5.41, 5.74) is 0.970. The Labute approximate surface area is 180 Å². The van der Waals surface area contributed by atoms with Gasteiger partial charge in [0.15, 0.2) is 16.8 Å². The maximum absolute atomic E-state index is 14.2. The number of benzene rings is 1. The first-order chi connectivity index (χ1) is 13.9. The molecule has 1 aliphatic rings. The van der Waals surface area contributed by atoms with Gasteiger partial charge in [-0.3, -0.25) is 9.36 Å². The number of aryl methyl sites for hydroxylation is 1. The van der Waals surface area contributed by atoms with Crippen molar-refractivity contribution in [2.24, 2.45) is 0 Å². The Morgan fingerprint density at radius 1 is 1.28 bits per heavy atom. The van der Waals surface area contributed by atoms with Crippen LogP contribution in [0.15, 0.2) is 35.5 Å². The zero-order valence-corrected chi connectivity index (χ0v) is 17.7. The molecular formula is C19H16Cl2FN5OS. The largest absolute Gasteiger partial charge is 0.309 e. The molecule has 1 aromatic carbocycles. The van der Waals surface area contributed by atoms with E-state index in [0.29, 0.717) is 27.3 Å². The van der Waals surface area contributed by atoms with Gasteiger partial charge in [-0.2, -0.15) is 0 Å². The highest BCUT2D eigenvalue weighted by atomic mass is 35.5. The van der Waals surface area contributed by atoms with Crippen LogP contribution < -0.4 is 5.32 Å². The maximum Gasteiger partial charge on any atom is 0.236 e. The lowest BCUT2D eigenvalue weighted by atomic mass is 10.2. The summed E-state index contributed by atoms with van der Waals surface area (Å²) in [5.74, 6) is 0.183. The summed E-state index contributed by atoms with van der Waals surface area (Å²) in [7, 11) is 0. The van der Waals surface area contributed by atoms with E-state index < -0.39 is 0 Å². The van der Waals surface area contributed by atoms with Crippen LogP contribution in [0, 0.1) is 12.7 Å². The number of anilines is 1. The number of thioether (sulfide) groups is 1. The summed E-state index contributed by atoms with van der Waals surface area (Å²) < 4.78 is 16.1. The van der Waals surface area contributed by atoms with Gasteiger partial charge in [0.05, 0.1) is 27.1 Å². The Kier molecular flexibility index (Phi) is 5.76. The van der Waals surface area contributed by atoms with E-state index in [9.17, 15) is 9.18 Å². The van der Waals surface area contributed by atoms with Gasteiger partial charge < -0.3 is 5.32 Å². The van der Waals surface area contributed by atoms with Crippen molar-refractivity contribution in [1.82, 2.24) is 19.7 Å². The summed E-state index contributed by atoms with van der Waals surface area (Å²) in [5, 5.41) is 12.3. The van der Waals surface area contributed by atoms with Gasteiger partial charge in [-0.05, 0) is 38.0 Å². The average molecular weight is 452 g/mol. The summed E-state index contributed by atoms with van der Waals surface area (Å²) in [4.78, 5) is 16.6. The molecule has 0 atom stereocenters. The molecule has 0 radical (unpaired) electrons. The smallest absolute Gasteiger partial charge is 0.236 e. The van der Waals surface area contributed by atoms with Gasteiger partial charge in [-0.1, -0.05) is 47.1 Å². The lowest BCUT2D eigenvalue weighted by molar-refractivity contribution is -0.113. The molecule has 1 amide bonds. The molecule has 1 fully saturated rings.